The van der Waals surface area contributed by atoms with Gasteiger partial charge in [-0.05, 0) is 36.6 Å². The molecule has 0 saturated carbocycles. The molecule has 4 rings (SSSR count). The number of aromatic nitrogens is 1. The maximum Gasteiger partial charge on any atom is 0.231 e. The van der Waals surface area contributed by atoms with Crippen LogP contribution >= 0.6 is 0 Å². The Morgan fingerprint density at radius 2 is 1.86 bits per heavy atom. The van der Waals surface area contributed by atoms with Crippen LogP contribution in [0.1, 0.15) is 23.3 Å². The van der Waals surface area contributed by atoms with Gasteiger partial charge in [-0.2, -0.15) is 0 Å². The summed E-state index contributed by atoms with van der Waals surface area (Å²) in [5.74, 6) is 1.01. The molecule has 0 fully saturated rings. The summed E-state index contributed by atoms with van der Waals surface area (Å²) >= 11 is 0. The predicted octanol–water partition coefficient (Wildman–Crippen LogP) is 4.29. The maximum absolute atomic E-state index is 12.4. The molecule has 1 aliphatic rings. The van der Waals surface area contributed by atoms with Gasteiger partial charge in [-0.1, -0.05) is 30.3 Å². The van der Waals surface area contributed by atoms with E-state index < -0.39 is 0 Å². The molecule has 3 nitrogen and oxygen atoms in total. The molecule has 0 N–H and O–H groups in total. The van der Waals surface area contributed by atoms with Gasteiger partial charge in [-0.3, -0.25) is 9.36 Å². The van der Waals surface area contributed by atoms with Crippen LogP contribution in [-0.2, 0) is 6.42 Å². The Balaban J connectivity index is 2.11. The monoisotopic (exact) mass is 291 g/mol. The van der Waals surface area contributed by atoms with Crippen molar-refractivity contribution in [3.8, 4) is 16.9 Å². The summed E-state index contributed by atoms with van der Waals surface area (Å²) in [5, 5.41) is 1.09. The summed E-state index contributed by atoms with van der Waals surface area (Å²) in [6.45, 7) is 0. The van der Waals surface area contributed by atoms with E-state index in [1.165, 1.54) is 5.56 Å². The minimum atomic E-state index is 0.193. The van der Waals surface area contributed by atoms with Crippen LogP contribution in [-0.4, -0.2) is 17.6 Å². The number of nitrogens with zero attached hydrogens (tertiary/aromatic N) is 1. The van der Waals surface area contributed by atoms with Crippen LogP contribution in [0.4, 0.5) is 0 Å². The van der Waals surface area contributed by atoms with Crippen LogP contribution in [0.5, 0.6) is 5.75 Å². The average Bonchev–Trinajstić information content (AvgIpc) is 2.90. The van der Waals surface area contributed by atoms with Crippen molar-refractivity contribution >= 4 is 16.8 Å². The average molecular weight is 291 g/mol. The zero-order valence-electron chi connectivity index (χ0n) is 12.5. The highest BCUT2D eigenvalue weighted by Crippen LogP contribution is 2.39. The molecule has 2 aromatic carbocycles. The normalized spacial score (nSPS) is 14.1. The highest BCUT2D eigenvalue weighted by molar-refractivity contribution is 6.05. The van der Waals surface area contributed by atoms with Gasteiger partial charge in [0.05, 0.1) is 12.6 Å². The molecule has 0 bridgehead atoms. The standard InChI is InChI=1S/C19H17NO2/c1-22-14-10-11-16-15(12-14)19(13-6-3-2-4-7-13)17-8-5-9-18(21)20(16)17/h2-4,6-7,10-12H,5,8-9H2,1H3. The first-order valence-corrected chi connectivity index (χ1v) is 7.59. The summed E-state index contributed by atoms with van der Waals surface area (Å²) in [4.78, 5) is 12.4. The molecule has 0 radical (unpaired) electrons. The molecule has 1 aliphatic heterocycles. The number of benzene rings is 2. The first-order valence-electron chi connectivity index (χ1n) is 7.59. The Bertz CT molecular complexity index is 862. The van der Waals surface area contributed by atoms with Crippen LogP contribution in [0.15, 0.2) is 48.5 Å². The van der Waals surface area contributed by atoms with Crippen molar-refractivity contribution in [2.24, 2.45) is 0 Å². The van der Waals surface area contributed by atoms with Crippen molar-refractivity contribution in [2.45, 2.75) is 19.3 Å². The Morgan fingerprint density at radius 3 is 2.64 bits per heavy atom. The third-order valence-corrected chi connectivity index (χ3v) is 4.39. The topological polar surface area (TPSA) is 31.2 Å². The minimum absolute atomic E-state index is 0.193. The second kappa shape index (κ2) is 5.02. The van der Waals surface area contributed by atoms with Gasteiger partial charge in [0.15, 0.2) is 0 Å². The Labute approximate surface area is 129 Å². The summed E-state index contributed by atoms with van der Waals surface area (Å²) in [7, 11) is 1.67. The number of methoxy groups -OCH3 is 1. The maximum atomic E-state index is 12.4. The molecule has 0 aliphatic carbocycles. The first kappa shape index (κ1) is 13.1. The van der Waals surface area contributed by atoms with Crippen LogP contribution in [0.25, 0.3) is 22.0 Å². The highest BCUT2D eigenvalue weighted by atomic mass is 16.5. The van der Waals surface area contributed by atoms with Gasteiger partial charge in [0.2, 0.25) is 5.91 Å². The number of carbonyl (C=O) groups is 1. The summed E-state index contributed by atoms with van der Waals surface area (Å²) in [6, 6.07) is 16.3. The lowest BCUT2D eigenvalue weighted by molar-refractivity contribution is 0.0890. The number of hydrogen-bond donors (Lipinski definition) is 0. The lowest BCUT2D eigenvalue weighted by atomic mass is 9.98. The quantitative estimate of drug-likeness (QED) is 0.705. The number of fused-ring (bicyclic) bond motifs is 3. The Hall–Kier alpha value is -2.55. The van der Waals surface area contributed by atoms with Crippen molar-refractivity contribution in [1.82, 2.24) is 4.57 Å². The minimum Gasteiger partial charge on any atom is -0.497 e. The molecular formula is C19H17NO2. The summed E-state index contributed by atoms with van der Waals surface area (Å²) in [5.41, 5.74) is 4.44. The van der Waals surface area contributed by atoms with Crippen LogP contribution in [0.3, 0.4) is 0 Å². The largest absolute Gasteiger partial charge is 0.497 e. The van der Waals surface area contributed by atoms with Crippen LogP contribution in [0, 0.1) is 0 Å². The molecule has 0 amide bonds. The van der Waals surface area contributed by atoms with E-state index >= 15 is 0 Å². The van der Waals surface area contributed by atoms with E-state index in [1.54, 1.807) is 7.11 Å². The molecule has 0 saturated heterocycles. The molecule has 110 valence electrons. The fourth-order valence-corrected chi connectivity index (χ4v) is 3.42. The smallest absolute Gasteiger partial charge is 0.231 e. The second-order valence-corrected chi connectivity index (χ2v) is 5.65. The van der Waals surface area contributed by atoms with E-state index in [0.717, 1.165) is 40.8 Å². The van der Waals surface area contributed by atoms with E-state index in [1.807, 2.05) is 41.0 Å². The Morgan fingerprint density at radius 1 is 1.05 bits per heavy atom. The van der Waals surface area contributed by atoms with Crippen LogP contribution < -0.4 is 4.74 Å². The molecule has 0 atom stereocenters. The molecule has 2 heterocycles. The highest BCUT2D eigenvalue weighted by Gasteiger charge is 2.25. The van der Waals surface area contributed by atoms with Gasteiger partial charge < -0.3 is 4.74 Å². The molecule has 0 spiro atoms. The fraction of sp³-hybridized carbons (Fsp3) is 0.211. The van der Waals surface area contributed by atoms with E-state index in [0.29, 0.717) is 6.42 Å². The Kier molecular flexibility index (Phi) is 3.00. The molecule has 3 aromatic rings. The van der Waals surface area contributed by atoms with Crippen molar-refractivity contribution in [3.05, 3.63) is 54.2 Å². The number of carbonyl (C=O) groups excluding carboxylic acids is 1. The van der Waals surface area contributed by atoms with E-state index in [4.69, 9.17) is 4.74 Å². The van der Waals surface area contributed by atoms with Crippen molar-refractivity contribution in [3.63, 3.8) is 0 Å². The zero-order chi connectivity index (χ0) is 15.1. The van der Waals surface area contributed by atoms with Gasteiger partial charge in [0.25, 0.3) is 0 Å². The molecular weight excluding hydrogens is 274 g/mol. The molecule has 22 heavy (non-hydrogen) atoms. The van der Waals surface area contributed by atoms with E-state index in [9.17, 15) is 4.79 Å². The summed E-state index contributed by atoms with van der Waals surface area (Å²) < 4.78 is 7.28. The first-order chi connectivity index (χ1) is 10.8. The number of rotatable bonds is 2. The number of ether oxygens (including phenoxy) is 1. The predicted molar refractivity (Wildman–Crippen MR) is 87.5 cm³/mol. The van der Waals surface area contributed by atoms with Crippen molar-refractivity contribution in [2.75, 3.05) is 7.11 Å². The summed E-state index contributed by atoms with van der Waals surface area (Å²) in [6.07, 6.45) is 2.48. The number of hydrogen-bond acceptors (Lipinski definition) is 2. The zero-order valence-corrected chi connectivity index (χ0v) is 12.5. The van der Waals surface area contributed by atoms with Gasteiger partial charge in [0.1, 0.15) is 5.75 Å². The van der Waals surface area contributed by atoms with Gasteiger partial charge in [-0.15, -0.1) is 0 Å². The third kappa shape index (κ3) is 1.86. The van der Waals surface area contributed by atoms with Crippen molar-refractivity contribution in [1.29, 1.82) is 0 Å². The van der Waals surface area contributed by atoms with E-state index in [-0.39, 0.29) is 5.91 Å². The fourth-order valence-electron chi connectivity index (χ4n) is 3.42. The van der Waals surface area contributed by atoms with Crippen molar-refractivity contribution < 1.29 is 9.53 Å². The lowest BCUT2D eigenvalue weighted by Crippen LogP contribution is -2.18. The third-order valence-electron chi connectivity index (χ3n) is 4.39. The molecule has 0 unspecified atom stereocenters. The van der Waals surface area contributed by atoms with Crippen LogP contribution in [0.2, 0.25) is 0 Å². The SMILES string of the molecule is COc1ccc2c(c1)c(-c1ccccc1)c1n2C(=O)CCC1. The second-order valence-electron chi connectivity index (χ2n) is 5.65. The van der Waals surface area contributed by atoms with Gasteiger partial charge in [0, 0.05) is 23.1 Å². The molecule has 1 aromatic heterocycles. The lowest BCUT2D eigenvalue weighted by Gasteiger charge is -2.16. The van der Waals surface area contributed by atoms with Gasteiger partial charge in [-0.25, -0.2) is 0 Å². The molecule has 3 heteroatoms. The van der Waals surface area contributed by atoms with Gasteiger partial charge >= 0.3 is 0 Å². The van der Waals surface area contributed by atoms with E-state index in [2.05, 4.69) is 12.1 Å².